The number of carbonyl (C=O) groups is 1. The number of carbonyl (C=O) groups excluding carboxylic acids is 1. The molecule has 3 aromatic rings. The van der Waals surface area contributed by atoms with E-state index in [1.807, 2.05) is 6.07 Å². The maximum absolute atomic E-state index is 13.4. The first kappa shape index (κ1) is 17.1. The Morgan fingerprint density at radius 2 is 2.16 bits per heavy atom. The van der Waals surface area contributed by atoms with Gasteiger partial charge in [-0.1, -0.05) is 17.4 Å². The van der Waals surface area contributed by atoms with E-state index in [9.17, 15) is 9.18 Å². The predicted octanol–water partition coefficient (Wildman–Crippen LogP) is 3.03. The van der Waals surface area contributed by atoms with E-state index in [1.54, 1.807) is 31.6 Å². The van der Waals surface area contributed by atoms with Crippen molar-refractivity contribution in [2.24, 2.45) is 0 Å². The molecule has 128 valence electrons. The van der Waals surface area contributed by atoms with Crippen LogP contribution in [-0.2, 0) is 4.74 Å². The van der Waals surface area contributed by atoms with Gasteiger partial charge in [-0.3, -0.25) is 14.7 Å². The van der Waals surface area contributed by atoms with E-state index in [4.69, 9.17) is 4.74 Å². The van der Waals surface area contributed by atoms with Crippen molar-refractivity contribution in [3.05, 3.63) is 60.2 Å². The van der Waals surface area contributed by atoms with Gasteiger partial charge in [0.25, 0.3) is 5.91 Å². The van der Waals surface area contributed by atoms with Gasteiger partial charge in [0.05, 0.1) is 13.2 Å². The monoisotopic (exact) mass is 358 g/mol. The molecule has 0 fully saturated rings. The topological polar surface area (TPSA) is 68.2 Å². The summed E-state index contributed by atoms with van der Waals surface area (Å²) in [4.78, 5) is 18.3. The molecule has 0 N–H and O–H groups in total. The van der Waals surface area contributed by atoms with E-state index in [1.165, 1.54) is 34.4 Å². The molecule has 0 saturated heterocycles. The molecule has 0 aliphatic rings. The lowest BCUT2D eigenvalue weighted by Gasteiger charge is -2.18. The van der Waals surface area contributed by atoms with Crippen molar-refractivity contribution < 1.29 is 13.9 Å². The molecule has 0 spiro atoms. The second kappa shape index (κ2) is 7.91. The number of methoxy groups -OCH3 is 1. The minimum Gasteiger partial charge on any atom is -0.383 e. The van der Waals surface area contributed by atoms with Gasteiger partial charge < -0.3 is 4.74 Å². The zero-order valence-electron chi connectivity index (χ0n) is 13.4. The van der Waals surface area contributed by atoms with Gasteiger partial charge in [-0.05, 0) is 30.3 Å². The Morgan fingerprint density at radius 3 is 2.88 bits per heavy atom. The highest BCUT2D eigenvalue weighted by molar-refractivity contribution is 7.18. The third-order valence-electron chi connectivity index (χ3n) is 3.39. The molecule has 1 amide bonds. The Kier molecular flexibility index (Phi) is 5.42. The molecule has 0 aliphatic carbocycles. The number of hydrogen-bond donors (Lipinski definition) is 0. The third-order valence-corrected chi connectivity index (χ3v) is 4.38. The van der Waals surface area contributed by atoms with Gasteiger partial charge in [0.15, 0.2) is 5.01 Å². The molecular formula is C17H15FN4O2S. The van der Waals surface area contributed by atoms with Crippen LogP contribution in [0.25, 0.3) is 10.6 Å². The van der Waals surface area contributed by atoms with Crippen LogP contribution in [0.3, 0.4) is 0 Å². The van der Waals surface area contributed by atoms with Gasteiger partial charge in [0.1, 0.15) is 5.82 Å². The molecule has 2 heterocycles. The summed E-state index contributed by atoms with van der Waals surface area (Å²) in [5, 5.41) is 9.31. The van der Waals surface area contributed by atoms with Crippen molar-refractivity contribution in [3.8, 4) is 10.6 Å². The fourth-order valence-electron chi connectivity index (χ4n) is 2.17. The van der Waals surface area contributed by atoms with E-state index in [0.717, 1.165) is 5.56 Å². The molecule has 25 heavy (non-hydrogen) atoms. The highest BCUT2D eigenvalue weighted by Crippen LogP contribution is 2.29. The molecule has 3 rings (SSSR count). The maximum atomic E-state index is 13.4. The fraction of sp³-hybridized carbons (Fsp3) is 0.176. The maximum Gasteiger partial charge on any atom is 0.260 e. The Bertz CT molecular complexity index is 857. The van der Waals surface area contributed by atoms with Gasteiger partial charge in [0, 0.05) is 30.6 Å². The number of benzene rings is 1. The fourth-order valence-corrected chi connectivity index (χ4v) is 3.03. The van der Waals surface area contributed by atoms with Crippen LogP contribution in [0.5, 0.6) is 0 Å². The number of rotatable bonds is 6. The second-order valence-corrected chi connectivity index (χ2v) is 6.05. The standard InChI is InChI=1S/C17H15FN4O2S/c1-24-9-8-22(16(23)12-4-2-6-14(18)10-12)17-21-20-15(25-17)13-5-3-7-19-11-13/h2-7,10-11H,8-9H2,1H3. The first-order valence-electron chi connectivity index (χ1n) is 7.49. The molecule has 6 nitrogen and oxygen atoms in total. The van der Waals surface area contributed by atoms with Gasteiger partial charge in [0.2, 0.25) is 5.13 Å². The summed E-state index contributed by atoms with van der Waals surface area (Å²) in [6.07, 6.45) is 3.35. The highest BCUT2D eigenvalue weighted by Gasteiger charge is 2.22. The molecule has 0 saturated carbocycles. The number of pyridine rings is 1. The molecule has 1 aromatic carbocycles. The lowest BCUT2D eigenvalue weighted by molar-refractivity contribution is 0.0975. The van der Waals surface area contributed by atoms with Gasteiger partial charge >= 0.3 is 0 Å². The van der Waals surface area contributed by atoms with Gasteiger partial charge in [-0.2, -0.15) is 0 Å². The lowest BCUT2D eigenvalue weighted by Crippen LogP contribution is -2.34. The van der Waals surface area contributed by atoms with Gasteiger partial charge in [-0.25, -0.2) is 4.39 Å². The van der Waals surface area contributed by atoms with Crippen LogP contribution in [0.1, 0.15) is 10.4 Å². The summed E-state index contributed by atoms with van der Waals surface area (Å²) in [5.74, 6) is -0.823. The van der Waals surface area contributed by atoms with Crippen LogP contribution < -0.4 is 4.90 Å². The molecule has 0 radical (unpaired) electrons. The van der Waals surface area contributed by atoms with E-state index < -0.39 is 5.82 Å². The SMILES string of the molecule is COCCN(C(=O)c1cccc(F)c1)c1nnc(-c2cccnc2)s1. The normalized spacial score (nSPS) is 10.6. The first-order valence-corrected chi connectivity index (χ1v) is 8.31. The van der Waals surface area contributed by atoms with Crippen LogP contribution in [0.15, 0.2) is 48.8 Å². The van der Waals surface area contributed by atoms with Crippen molar-refractivity contribution >= 4 is 22.4 Å². The number of nitrogens with zero attached hydrogens (tertiary/aromatic N) is 4. The predicted molar refractivity (Wildman–Crippen MR) is 93.1 cm³/mol. The van der Waals surface area contributed by atoms with Crippen molar-refractivity contribution in [2.75, 3.05) is 25.2 Å². The summed E-state index contributed by atoms with van der Waals surface area (Å²) in [6, 6.07) is 9.22. The van der Waals surface area contributed by atoms with Crippen LogP contribution >= 0.6 is 11.3 Å². The minimum absolute atomic E-state index is 0.245. The van der Waals surface area contributed by atoms with E-state index in [-0.39, 0.29) is 18.0 Å². The molecule has 0 bridgehead atoms. The molecule has 0 unspecified atom stereocenters. The molecule has 8 heteroatoms. The molecule has 0 atom stereocenters. The quantitative estimate of drug-likeness (QED) is 0.677. The van der Waals surface area contributed by atoms with Crippen LogP contribution in [0.2, 0.25) is 0 Å². The van der Waals surface area contributed by atoms with Crippen LogP contribution in [-0.4, -0.2) is 41.3 Å². The van der Waals surface area contributed by atoms with Gasteiger partial charge in [-0.15, -0.1) is 10.2 Å². The van der Waals surface area contributed by atoms with Crippen LogP contribution in [0, 0.1) is 5.82 Å². The Balaban J connectivity index is 1.91. The summed E-state index contributed by atoms with van der Waals surface area (Å²) >= 11 is 1.27. The lowest BCUT2D eigenvalue weighted by atomic mass is 10.2. The number of halogens is 1. The van der Waals surface area contributed by atoms with E-state index in [2.05, 4.69) is 15.2 Å². The number of ether oxygens (including phenoxy) is 1. The largest absolute Gasteiger partial charge is 0.383 e. The Hall–Kier alpha value is -2.71. The van der Waals surface area contributed by atoms with Crippen molar-refractivity contribution in [3.63, 3.8) is 0 Å². The van der Waals surface area contributed by atoms with Crippen molar-refractivity contribution in [1.82, 2.24) is 15.2 Å². The minimum atomic E-state index is -0.467. The molecular weight excluding hydrogens is 343 g/mol. The average Bonchev–Trinajstić information content (AvgIpc) is 3.12. The average molecular weight is 358 g/mol. The zero-order chi connectivity index (χ0) is 17.6. The first-order chi connectivity index (χ1) is 12.2. The third kappa shape index (κ3) is 4.04. The zero-order valence-corrected chi connectivity index (χ0v) is 14.2. The summed E-state index contributed by atoms with van der Waals surface area (Å²) in [5.41, 5.74) is 1.06. The van der Waals surface area contributed by atoms with E-state index in [0.29, 0.717) is 16.7 Å². The van der Waals surface area contributed by atoms with Crippen molar-refractivity contribution in [1.29, 1.82) is 0 Å². The summed E-state index contributed by atoms with van der Waals surface area (Å²) in [6.45, 7) is 0.608. The Labute approximate surface area is 147 Å². The number of hydrogen-bond acceptors (Lipinski definition) is 6. The van der Waals surface area contributed by atoms with Crippen LogP contribution in [0.4, 0.5) is 9.52 Å². The van der Waals surface area contributed by atoms with E-state index >= 15 is 0 Å². The molecule has 2 aromatic heterocycles. The molecule has 0 aliphatic heterocycles. The smallest absolute Gasteiger partial charge is 0.260 e. The summed E-state index contributed by atoms with van der Waals surface area (Å²) < 4.78 is 18.5. The highest BCUT2D eigenvalue weighted by atomic mass is 32.1. The summed E-state index contributed by atoms with van der Waals surface area (Å²) in [7, 11) is 1.55. The number of aromatic nitrogens is 3. The number of amides is 1. The number of anilines is 1. The second-order valence-electron chi connectivity index (χ2n) is 5.09. The van der Waals surface area contributed by atoms with Crippen molar-refractivity contribution in [2.45, 2.75) is 0 Å². The Morgan fingerprint density at radius 1 is 1.28 bits per heavy atom.